The van der Waals surface area contributed by atoms with Crippen LogP contribution in [0.5, 0.6) is 0 Å². The fraction of sp³-hybridized carbons (Fsp3) is 0.267. The van der Waals surface area contributed by atoms with E-state index >= 15 is 0 Å². The second kappa shape index (κ2) is 8.62. The van der Waals surface area contributed by atoms with Crippen LogP contribution < -0.4 is 10.6 Å². The number of allylic oxidation sites excluding steroid dienone is 1. The number of benzene rings is 1. The quantitative estimate of drug-likeness (QED) is 0.613. The molecule has 0 saturated carbocycles. The second-order valence-electron chi connectivity index (χ2n) is 4.78. The topological polar surface area (TPSA) is 84.5 Å². The Bertz CT molecular complexity index is 640. The zero-order chi connectivity index (χ0) is 17.4. The number of hydrogen-bond acceptors (Lipinski definition) is 4. The van der Waals surface area contributed by atoms with Crippen molar-refractivity contribution in [2.45, 2.75) is 13.8 Å². The molecule has 6 nitrogen and oxygen atoms in total. The lowest BCUT2D eigenvalue weighted by molar-refractivity contribution is -0.144. The lowest BCUT2D eigenvalue weighted by atomic mass is 10.3. The van der Waals surface area contributed by atoms with Crippen LogP contribution in [0.25, 0.3) is 0 Å². The molecule has 8 heteroatoms. The fourth-order valence-corrected chi connectivity index (χ4v) is 1.42. The number of nitrogens with one attached hydrogen (secondary N) is 2. The summed E-state index contributed by atoms with van der Waals surface area (Å²) in [4.78, 5) is 34.1. The molecular weight excluding hydrogens is 310 g/mol. The molecule has 0 fully saturated rings. The van der Waals surface area contributed by atoms with Gasteiger partial charge in [0.15, 0.2) is 18.2 Å². The summed E-state index contributed by atoms with van der Waals surface area (Å²) in [6.45, 7) is 2.47. The molecule has 0 aliphatic carbocycles. The maximum atomic E-state index is 13.0. The highest BCUT2D eigenvalue weighted by Crippen LogP contribution is 2.12. The number of halogens is 2. The number of amides is 2. The van der Waals surface area contributed by atoms with Gasteiger partial charge in [-0.1, -0.05) is 5.57 Å². The van der Waals surface area contributed by atoms with Crippen LogP contribution in [-0.4, -0.2) is 30.9 Å². The Morgan fingerprint density at radius 1 is 1.13 bits per heavy atom. The van der Waals surface area contributed by atoms with Crippen molar-refractivity contribution in [2.75, 3.05) is 18.5 Å². The summed E-state index contributed by atoms with van der Waals surface area (Å²) < 4.78 is 30.3. The number of carbonyl (C=O) groups excluding carboxylic acids is 3. The van der Waals surface area contributed by atoms with Crippen molar-refractivity contribution in [3.63, 3.8) is 0 Å². The van der Waals surface area contributed by atoms with Crippen molar-refractivity contribution >= 4 is 23.5 Å². The normalized spacial score (nSPS) is 9.74. The zero-order valence-corrected chi connectivity index (χ0v) is 12.6. The number of rotatable bonds is 6. The van der Waals surface area contributed by atoms with E-state index in [-0.39, 0.29) is 5.69 Å². The molecule has 23 heavy (non-hydrogen) atoms. The average molecular weight is 326 g/mol. The Morgan fingerprint density at radius 2 is 1.83 bits per heavy atom. The minimum atomic E-state index is -1.10. The number of carbonyl (C=O) groups is 3. The van der Waals surface area contributed by atoms with Gasteiger partial charge in [-0.2, -0.15) is 0 Å². The molecule has 2 amide bonds. The standard InChI is InChI=1S/C15H16F2N2O4/c1-9(2)5-15(22)23-8-14(21)18-7-13(20)19-10-3-4-11(16)12(17)6-10/h3-6H,7-8H2,1-2H3,(H,18,21)(H,19,20). The molecule has 124 valence electrons. The number of anilines is 1. The molecule has 0 spiro atoms. The lowest BCUT2D eigenvalue weighted by Gasteiger charge is -2.07. The largest absolute Gasteiger partial charge is 0.452 e. The fourth-order valence-electron chi connectivity index (χ4n) is 1.42. The van der Waals surface area contributed by atoms with Gasteiger partial charge in [-0.25, -0.2) is 13.6 Å². The Labute approximate surface area is 131 Å². The van der Waals surface area contributed by atoms with Crippen molar-refractivity contribution in [1.82, 2.24) is 5.32 Å². The van der Waals surface area contributed by atoms with E-state index in [0.717, 1.165) is 17.7 Å². The molecule has 1 rings (SSSR count). The van der Waals surface area contributed by atoms with Gasteiger partial charge >= 0.3 is 5.97 Å². The summed E-state index contributed by atoms with van der Waals surface area (Å²) in [5.74, 6) is -4.10. The van der Waals surface area contributed by atoms with Gasteiger partial charge in [-0.05, 0) is 26.0 Å². The summed E-state index contributed by atoms with van der Waals surface area (Å²) >= 11 is 0. The number of hydrogen-bond donors (Lipinski definition) is 2. The van der Waals surface area contributed by atoms with E-state index in [4.69, 9.17) is 0 Å². The van der Waals surface area contributed by atoms with Crippen LogP contribution in [0.1, 0.15) is 13.8 Å². The van der Waals surface area contributed by atoms with Crippen molar-refractivity contribution in [3.8, 4) is 0 Å². The highest BCUT2D eigenvalue weighted by atomic mass is 19.2. The summed E-state index contributed by atoms with van der Waals surface area (Å²) in [7, 11) is 0. The Kier molecular flexibility index (Phi) is 6.85. The van der Waals surface area contributed by atoms with Gasteiger partial charge in [0.25, 0.3) is 5.91 Å². The molecule has 2 N–H and O–H groups in total. The van der Waals surface area contributed by atoms with Gasteiger partial charge in [0.2, 0.25) is 5.91 Å². The SMILES string of the molecule is CC(C)=CC(=O)OCC(=O)NCC(=O)Nc1ccc(F)c(F)c1. The highest BCUT2D eigenvalue weighted by Gasteiger charge is 2.09. The summed E-state index contributed by atoms with van der Waals surface area (Å²) in [5, 5.41) is 4.50. The zero-order valence-electron chi connectivity index (χ0n) is 12.6. The number of ether oxygens (including phenoxy) is 1. The predicted molar refractivity (Wildman–Crippen MR) is 78.4 cm³/mol. The maximum Gasteiger partial charge on any atom is 0.331 e. The van der Waals surface area contributed by atoms with E-state index < -0.39 is 42.6 Å². The molecule has 0 unspecified atom stereocenters. The second-order valence-corrected chi connectivity index (χ2v) is 4.78. The third-order valence-electron chi connectivity index (χ3n) is 2.40. The van der Waals surface area contributed by atoms with Crippen molar-refractivity contribution in [2.24, 2.45) is 0 Å². The minimum absolute atomic E-state index is 0.0538. The Hall–Kier alpha value is -2.77. The Morgan fingerprint density at radius 3 is 2.43 bits per heavy atom. The molecule has 0 aliphatic rings. The van der Waals surface area contributed by atoms with Crippen molar-refractivity contribution < 1.29 is 27.9 Å². The molecule has 0 aromatic heterocycles. The van der Waals surface area contributed by atoms with E-state index in [9.17, 15) is 23.2 Å². The van der Waals surface area contributed by atoms with Gasteiger partial charge < -0.3 is 15.4 Å². The minimum Gasteiger partial charge on any atom is -0.452 e. The van der Waals surface area contributed by atoms with Crippen LogP contribution in [-0.2, 0) is 19.1 Å². The summed E-state index contributed by atoms with van der Waals surface area (Å²) in [6.07, 6.45) is 1.23. The van der Waals surface area contributed by atoms with E-state index in [1.54, 1.807) is 13.8 Å². The molecule has 1 aromatic carbocycles. The van der Waals surface area contributed by atoms with Gasteiger partial charge in [-0.15, -0.1) is 0 Å². The van der Waals surface area contributed by atoms with Crippen LogP contribution in [0.2, 0.25) is 0 Å². The molecule has 0 aliphatic heterocycles. The average Bonchev–Trinajstić information content (AvgIpc) is 2.46. The predicted octanol–water partition coefficient (Wildman–Crippen LogP) is 1.53. The van der Waals surface area contributed by atoms with Crippen LogP contribution >= 0.6 is 0 Å². The molecular formula is C15H16F2N2O4. The van der Waals surface area contributed by atoms with E-state index in [0.29, 0.717) is 0 Å². The van der Waals surface area contributed by atoms with Gasteiger partial charge in [-0.3, -0.25) is 9.59 Å². The first kappa shape index (κ1) is 18.3. The Balaban J connectivity index is 2.35. The van der Waals surface area contributed by atoms with Crippen LogP contribution in [0.4, 0.5) is 14.5 Å². The molecule has 0 heterocycles. The molecule has 0 radical (unpaired) electrons. The smallest absolute Gasteiger partial charge is 0.331 e. The first-order valence-electron chi connectivity index (χ1n) is 6.61. The lowest BCUT2D eigenvalue weighted by Crippen LogP contribution is -2.35. The molecule has 0 saturated heterocycles. The number of esters is 1. The maximum absolute atomic E-state index is 13.0. The highest BCUT2D eigenvalue weighted by molar-refractivity contribution is 5.95. The molecule has 0 bridgehead atoms. The first-order chi connectivity index (χ1) is 10.8. The van der Waals surface area contributed by atoms with E-state index in [1.807, 2.05) is 0 Å². The van der Waals surface area contributed by atoms with Gasteiger partial charge in [0.1, 0.15) is 0 Å². The third kappa shape index (κ3) is 7.16. The van der Waals surface area contributed by atoms with Crippen molar-refractivity contribution in [3.05, 3.63) is 41.5 Å². The van der Waals surface area contributed by atoms with Crippen LogP contribution in [0.15, 0.2) is 29.8 Å². The summed E-state index contributed by atoms with van der Waals surface area (Å²) in [6, 6.07) is 2.86. The van der Waals surface area contributed by atoms with Crippen LogP contribution in [0.3, 0.4) is 0 Å². The molecule has 0 atom stereocenters. The van der Waals surface area contributed by atoms with Gasteiger partial charge in [0.05, 0.1) is 6.54 Å². The van der Waals surface area contributed by atoms with Gasteiger partial charge in [0, 0.05) is 17.8 Å². The first-order valence-corrected chi connectivity index (χ1v) is 6.61. The third-order valence-corrected chi connectivity index (χ3v) is 2.40. The monoisotopic (exact) mass is 326 g/mol. The van der Waals surface area contributed by atoms with Crippen molar-refractivity contribution in [1.29, 1.82) is 0 Å². The van der Waals surface area contributed by atoms with E-state index in [2.05, 4.69) is 15.4 Å². The molecule has 1 aromatic rings. The van der Waals surface area contributed by atoms with E-state index in [1.165, 1.54) is 12.1 Å². The van der Waals surface area contributed by atoms with Crippen LogP contribution in [0, 0.1) is 11.6 Å². The summed E-state index contributed by atoms with van der Waals surface area (Å²) in [5.41, 5.74) is 0.777.